The average Bonchev–Trinajstić information content (AvgIpc) is 2.16. The van der Waals surface area contributed by atoms with Crippen LogP contribution >= 0.6 is 0 Å². The first-order valence-electron chi connectivity index (χ1n) is 4.83. The standard InChI is InChI=1S/C12H14O/c1-9-2-4-11-5-3-10(8-13)7-12(11)6-9/h2,4,6,8,10H,3,5,7H2,1H3/t10-/m0/s1. The summed E-state index contributed by atoms with van der Waals surface area (Å²) in [6, 6.07) is 6.57. The second-order valence-electron chi connectivity index (χ2n) is 3.91. The second kappa shape index (κ2) is 3.33. The molecule has 13 heavy (non-hydrogen) atoms. The molecule has 0 N–H and O–H groups in total. The molecule has 68 valence electrons. The summed E-state index contributed by atoms with van der Waals surface area (Å²) in [5.74, 6) is 0.259. The fourth-order valence-corrected chi connectivity index (χ4v) is 2.03. The quantitative estimate of drug-likeness (QED) is 0.597. The van der Waals surface area contributed by atoms with Gasteiger partial charge in [-0.25, -0.2) is 0 Å². The fraction of sp³-hybridized carbons (Fsp3) is 0.417. The number of fused-ring (bicyclic) bond motifs is 1. The lowest BCUT2D eigenvalue weighted by Gasteiger charge is -2.20. The zero-order valence-corrected chi connectivity index (χ0v) is 7.92. The molecule has 0 bridgehead atoms. The van der Waals surface area contributed by atoms with Crippen LogP contribution in [0.2, 0.25) is 0 Å². The molecular weight excluding hydrogens is 160 g/mol. The molecule has 1 aliphatic carbocycles. The van der Waals surface area contributed by atoms with E-state index in [0.29, 0.717) is 0 Å². The van der Waals surface area contributed by atoms with Crippen molar-refractivity contribution in [3.8, 4) is 0 Å². The molecule has 0 amide bonds. The predicted octanol–water partition coefficient (Wildman–Crippen LogP) is 2.30. The number of carbonyl (C=O) groups excluding carboxylic acids is 1. The van der Waals surface area contributed by atoms with Crippen molar-refractivity contribution in [1.82, 2.24) is 0 Å². The van der Waals surface area contributed by atoms with Gasteiger partial charge in [0.1, 0.15) is 6.29 Å². The Morgan fingerprint density at radius 2 is 2.23 bits per heavy atom. The van der Waals surface area contributed by atoms with E-state index in [1.54, 1.807) is 0 Å². The lowest BCUT2D eigenvalue weighted by atomic mass is 9.84. The molecule has 1 heteroatoms. The van der Waals surface area contributed by atoms with Crippen LogP contribution in [0.5, 0.6) is 0 Å². The lowest BCUT2D eigenvalue weighted by Crippen LogP contribution is -2.15. The molecule has 0 radical (unpaired) electrons. The van der Waals surface area contributed by atoms with Gasteiger partial charge in [0, 0.05) is 5.92 Å². The Bertz CT molecular complexity index is 328. The van der Waals surface area contributed by atoms with E-state index in [1.165, 1.54) is 16.7 Å². The summed E-state index contributed by atoms with van der Waals surface area (Å²) < 4.78 is 0. The number of carbonyl (C=O) groups is 1. The van der Waals surface area contributed by atoms with Crippen LogP contribution in [-0.4, -0.2) is 6.29 Å². The number of benzene rings is 1. The highest BCUT2D eigenvalue weighted by molar-refractivity contribution is 5.56. The second-order valence-corrected chi connectivity index (χ2v) is 3.91. The van der Waals surface area contributed by atoms with Gasteiger partial charge in [0.25, 0.3) is 0 Å². The van der Waals surface area contributed by atoms with E-state index in [1.807, 2.05) is 0 Å². The normalized spacial score (nSPS) is 20.8. The number of aldehydes is 1. The van der Waals surface area contributed by atoms with Crippen LogP contribution in [0.3, 0.4) is 0 Å². The molecule has 1 aliphatic rings. The predicted molar refractivity (Wildman–Crippen MR) is 52.8 cm³/mol. The van der Waals surface area contributed by atoms with Crippen LogP contribution in [0, 0.1) is 12.8 Å². The summed E-state index contributed by atoms with van der Waals surface area (Å²) >= 11 is 0. The molecule has 0 heterocycles. The third-order valence-corrected chi connectivity index (χ3v) is 2.82. The van der Waals surface area contributed by atoms with Gasteiger partial charge in [-0.2, -0.15) is 0 Å². The van der Waals surface area contributed by atoms with Gasteiger partial charge in [0.2, 0.25) is 0 Å². The Balaban J connectivity index is 2.32. The van der Waals surface area contributed by atoms with Gasteiger partial charge >= 0.3 is 0 Å². The van der Waals surface area contributed by atoms with Gasteiger partial charge in [-0.3, -0.25) is 0 Å². The maximum atomic E-state index is 10.7. The van der Waals surface area contributed by atoms with E-state index in [0.717, 1.165) is 25.5 Å². The Morgan fingerprint density at radius 3 is 3.00 bits per heavy atom. The van der Waals surface area contributed by atoms with Crippen molar-refractivity contribution in [2.45, 2.75) is 26.2 Å². The number of hydrogen-bond acceptors (Lipinski definition) is 1. The molecule has 1 aromatic rings. The molecule has 2 rings (SSSR count). The largest absolute Gasteiger partial charge is 0.303 e. The topological polar surface area (TPSA) is 17.1 Å². The molecule has 0 aromatic heterocycles. The van der Waals surface area contributed by atoms with Crippen LogP contribution in [0.4, 0.5) is 0 Å². The zero-order chi connectivity index (χ0) is 9.26. The number of rotatable bonds is 1. The van der Waals surface area contributed by atoms with Crippen molar-refractivity contribution in [2.24, 2.45) is 5.92 Å². The number of hydrogen-bond donors (Lipinski definition) is 0. The molecule has 0 fully saturated rings. The van der Waals surface area contributed by atoms with Crippen molar-refractivity contribution < 1.29 is 4.79 Å². The first-order valence-corrected chi connectivity index (χ1v) is 4.83. The lowest BCUT2D eigenvalue weighted by molar-refractivity contribution is -0.111. The van der Waals surface area contributed by atoms with Crippen LogP contribution in [0.25, 0.3) is 0 Å². The minimum Gasteiger partial charge on any atom is -0.303 e. The monoisotopic (exact) mass is 174 g/mol. The van der Waals surface area contributed by atoms with Gasteiger partial charge in [-0.05, 0) is 37.3 Å². The maximum absolute atomic E-state index is 10.7. The van der Waals surface area contributed by atoms with Gasteiger partial charge in [-0.1, -0.05) is 23.8 Å². The molecular formula is C12H14O. The Kier molecular flexibility index (Phi) is 2.17. The van der Waals surface area contributed by atoms with Crippen LogP contribution in [-0.2, 0) is 17.6 Å². The SMILES string of the molecule is Cc1ccc2c(c1)C[C@@H](C=O)CC2. The van der Waals surface area contributed by atoms with Crippen molar-refractivity contribution in [3.05, 3.63) is 34.9 Å². The highest BCUT2D eigenvalue weighted by Crippen LogP contribution is 2.24. The van der Waals surface area contributed by atoms with E-state index in [-0.39, 0.29) is 5.92 Å². The smallest absolute Gasteiger partial charge is 0.123 e. The van der Waals surface area contributed by atoms with Gasteiger partial charge in [0.05, 0.1) is 0 Å². The van der Waals surface area contributed by atoms with Gasteiger partial charge in [-0.15, -0.1) is 0 Å². The molecule has 0 unspecified atom stereocenters. The molecule has 0 saturated heterocycles. The molecule has 1 nitrogen and oxygen atoms in total. The molecule has 0 spiro atoms. The summed E-state index contributed by atoms with van der Waals surface area (Å²) in [5, 5.41) is 0. The first-order chi connectivity index (χ1) is 6.29. The zero-order valence-electron chi connectivity index (χ0n) is 7.92. The summed E-state index contributed by atoms with van der Waals surface area (Å²) in [7, 11) is 0. The Labute approximate surface area is 78.8 Å². The van der Waals surface area contributed by atoms with Crippen molar-refractivity contribution in [2.75, 3.05) is 0 Å². The summed E-state index contributed by atoms with van der Waals surface area (Å²) in [5.41, 5.74) is 4.11. The molecule has 0 aliphatic heterocycles. The van der Waals surface area contributed by atoms with Crippen LogP contribution in [0.1, 0.15) is 23.1 Å². The van der Waals surface area contributed by atoms with Crippen LogP contribution in [0.15, 0.2) is 18.2 Å². The Hall–Kier alpha value is -1.11. The van der Waals surface area contributed by atoms with E-state index < -0.39 is 0 Å². The minimum atomic E-state index is 0.259. The highest BCUT2D eigenvalue weighted by Gasteiger charge is 2.17. The first kappa shape index (κ1) is 8.49. The van der Waals surface area contributed by atoms with Crippen LogP contribution < -0.4 is 0 Å². The summed E-state index contributed by atoms with van der Waals surface area (Å²) in [6.45, 7) is 2.10. The number of aryl methyl sites for hydroxylation is 2. The van der Waals surface area contributed by atoms with E-state index in [9.17, 15) is 4.79 Å². The van der Waals surface area contributed by atoms with Crippen molar-refractivity contribution in [3.63, 3.8) is 0 Å². The van der Waals surface area contributed by atoms with Crippen molar-refractivity contribution in [1.29, 1.82) is 0 Å². The third kappa shape index (κ3) is 1.64. The molecule has 0 saturated carbocycles. The van der Waals surface area contributed by atoms with Gasteiger partial charge < -0.3 is 4.79 Å². The average molecular weight is 174 g/mol. The molecule has 1 aromatic carbocycles. The molecule has 1 atom stereocenters. The maximum Gasteiger partial charge on any atom is 0.123 e. The van der Waals surface area contributed by atoms with Gasteiger partial charge in [0.15, 0.2) is 0 Å². The summed E-state index contributed by atoms with van der Waals surface area (Å²) in [6.07, 6.45) is 4.14. The fourth-order valence-electron chi connectivity index (χ4n) is 2.03. The van der Waals surface area contributed by atoms with E-state index >= 15 is 0 Å². The van der Waals surface area contributed by atoms with E-state index in [2.05, 4.69) is 25.1 Å². The summed E-state index contributed by atoms with van der Waals surface area (Å²) in [4.78, 5) is 10.7. The Morgan fingerprint density at radius 1 is 1.38 bits per heavy atom. The third-order valence-electron chi connectivity index (χ3n) is 2.82. The van der Waals surface area contributed by atoms with Crippen molar-refractivity contribution >= 4 is 6.29 Å². The highest BCUT2D eigenvalue weighted by atomic mass is 16.1. The van der Waals surface area contributed by atoms with E-state index in [4.69, 9.17) is 0 Å². The minimum absolute atomic E-state index is 0.259.